The molecule has 0 aliphatic heterocycles. The van der Waals surface area contributed by atoms with Crippen LogP contribution < -0.4 is 5.32 Å². The van der Waals surface area contributed by atoms with E-state index in [0.717, 1.165) is 17.1 Å². The molecule has 0 saturated carbocycles. The highest BCUT2D eigenvalue weighted by atomic mass is 35.5. The number of halogens is 1. The van der Waals surface area contributed by atoms with Gasteiger partial charge < -0.3 is 9.88 Å². The molecule has 0 aliphatic carbocycles. The third-order valence-electron chi connectivity index (χ3n) is 3.89. The van der Waals surface area contributed by atoms with Gasteiger partial charge >= 0.3 is 0 Å². The molecule has 5 nitrogen and oxygen atoms in total. The van der Waals surface area contributed by atoms with E-state index in [-0.39, 0.29) is 5.91 Å². The van der Waals surface area contributed by atoms with Crippen molar-refractivity contribution in [1.82, 2.24) is 19.7 Å². The summed E-state index contributed by atoms with van der Waals surface area (Å²) in [5.74, 6) is 0.236. The molecule has 0 aliphatic rings. The molecule has 1 N–H and O–H groups in total. The number of nitrogens with zero attached hydrogens (tertiary/aromatic N) is 3. The van der Waals surface area contributed by atoms with Crippen LogP contribution in [0.3, 0.4) is 0 Å². The number of benzene rings is 1. The van der Waals surface area contributed by atoms with E-state index in [1.807, 2.05) is 48.1 Å². The lowest BCUT2D eigenvalue weighted by molar-refractivity contribution is 0.0941. The topological polar surface area (TPSA) is 51.9 Å². The maximum absolute atomic E-state index is 12.7. The fourth-order valence-corrected chi connectivity index (χ4v) is 2.69. The van der Waals surface area contributed by atoms with Gasteiger partial charge in [0.1, 0.15) is 11.4 Å². The van der Waals surface area contributed by atoms with Crippen molar-refractivity contribution in [3.8, 4) is 17.1 Å². The third-order valence-corrected chi connectivity index (χ3v) is 4.14. The van der Waals surface area contributed by atoms with Gasteiger partial charge in [0.15, 0.2) is 0 Å². The molecule has 1 aromatic carbocycles. The first kappa shape index (κ1) is 17.3. The van der Waals surface area contributed by atoms with Crippen molar-refractivity contribution in [1.29, 1.82) is 0 Å². The van der Waals surface area contributed by atoms with Gasteiger partial charge in [0.25, 0.3) is 5.91 Å². The summed E-state index contributed by atoms with van der Waals surface area (Å²) in [7, 11) is 1.95. The standard InChI is InChI=1S/C19H21ClN4O/c1-13(2)12-21-19(25)18-11-16(17-5-4-10-23(17)3)22-24(18)15-8-6-14(20)7-9-15/h4-11,13H,12H2,1-3H3,(H,21,25). The SMILES string of the molecule is CC(C)CNC(=O)c1cc(-c2cccn2C)nn1-c1ccc(Cl)cc1. The number of nitrogens with one attached hydrogen (secondary N) is 1. The Labute approximate surface area is 152 Å². The van der Waals surface area contributed by atoms with Gasteiger partial charge in [0, 0.05) is 24.8 Å². The Kier molecular flexibility index (Phi) is 4.95. The lowest BCUT2D eigenvalue weighted by atomic mass is 10.2. The Bertz CT molecular complexity index is 877. The number of aromatic nitrogens is 3. The Hall–Kier alpha value is -2.53. The molecule has 0 unspecified atom stereocenters. The minimum atomic E-state index is -0.142. The number of rotatable bonds is 5. The van der Waals surface area contributed by atoms with Gasteiger partial charge in [-0.05, 0) is 48.4 Å². The van der Waals surface area contributed by atoms with Crippen molar-refractivity contribution in [2.24, 2.45) is 13.0 Å². The zero-order chi connectivity index (χ0) is 18.0. The zero-order valence-electron chi connectivity index (χ0n) is 14.5. The minimum absolute atomic E-state index is 0.142. The largest absolute Gasteiger partial charge is 0.350 e. The van der Waals surface area contributed by atoms with Crippen LogP contribution in [0.4, 0.5) is 0 Å². The normalized spacial score (nSPS) is 11.1. The van der Waals surface area contributed by atoms with Crippen LogP contribution in [0.1, 0.15) is 24.3 Å². The van der Waals surface area contributed by atoms with Crippen LogP contribution in [0.25, 0.3) is 17.1 Å². The van der Waals surface area contributed by atoms with Crippen molar-refractivity contribution >= 4 is 17.5 Å². The highest BCUT2D eigenvalue weighted by molar-refractivity contribution is 6.30. The predicted octanol–water partition coefficient (Wildman–Crippen LogP) is 3.92. The first-order valence-electron chi connectivity index (χ1n) is 8.21. The van der Waals surface area contributed by atoms with E-state index in [1.54, 1.807) is 16.8 Å². The number of hydrogen-bond acceptors (Lipinski definition) is 2. The average molecular weight is 357 g/mol. The Morgan fingerprint density at radius 3 is 2.56 bits per heavy atom. The second-order valence-electron chi connectivity index (χ2n) is 6.41. The summed E-state index contributed by atoms with van der Waals surface area (Å²) in [6, 6.07) is 13.0. The van der Waals surface area contributed by atoms with Crippen LogP contribution >= 0.6 is 11.6 Å². The molecule has 130 valence electrons. The van der Waals surface area contributed by atoms with Crippen molar-refractivity contribution < 1.29 is 4.79 Å². The van der Waals surface area contributed by atoms with E-state index in [0.29, 0.717) is 23.2 Å². The Morgan fingerprint density at radius 2 is 1.96 bits per heavy atom. The highest BCUT2D eigenvalue weighted by Crippen LogP contribution is 2.23. The number of hydrogen-bond donors (Lipinski definition) is 1. The lowest BCUT2D eigenvalue weighted by Crippen LogP contribution is -2.29. The van der Waals surface area contributed by atoms with Crippen LogP contribution in [0, 0.1) is 5.92 Å². The molecule has 3 rings (SSSR count). The van der Waals surface area contributed by atoms with Gasteiger partial charge in [0.2, 0.25) is 0 Å². The predicted molar refractivity (Wildman–Crippen MR) is 100 cm³/mol. The molecule has 0 radical (unpaired) electrons. The molecule has 6 heteroatoms. The summed E-state index contributed by atoms with van der Waals surface area (Å²) in [6.45, 7) is 4.74. The van der Waals surface area contributed by atoms with Gasteiger partial charge in [-0.15, -0.1) is 0 Å². The number of amides is 1. The van der Waals surface area contributed by atoms with Gasteiger partial charge in [-0.25, -0.2) is 4.68 Å². The quantitative estimate of drug-likeness (QED) is 0.753. The van der Waals surface area contributed by atoms with Crippen LogP contribution in [0.15, 0.2) is 48.7 Å². The van der Waals surface area contributed by atoms with Crippen molar-refractivity contribution in [2.45, 2.75) is 13.8 Å². The Morgan fingerprint density at radius 1 is 1.24 bits per heavy atom. The summed E-state index contributed by atoms with van der Waals surface area (Å²) in [5, 5.41) is 8.26. The second-order valence-corrected chi connectivity index (χ2v) is 6.85. The highest BCUT2D eigenvalue weighted by Gasteiger charge is 2.18. The monoisotopic (exact) mass is 356 g/mol. The second kappa shape index (κ2) is 7.15. The summed E-state index contributed by atoms with van der Waals surface area (Å²) in [4.78, 5) is 12.7. The van der Waals surface area contributed by atoms with E-state index in [4.69, 9.17) is 11.6 Å². The number of carbonyl (C=O) groups is 1. The minimum Gasteiger partial charge on any atom is -0.350 e. The molecular formula is C19H21ClN4O. The van der Waals surface area contributed by atoms with Crippen molar-refractivity contribution in [2.75, 3.05) is 6.54 Å². The number of carbonyl (C=O) groups excluding carboxylic acids is 1. The molecular weight excluding hydrogens is 336 g/mol. The summed E-state index contributed by atoms with van der Waals surface area (Å²) in [5.41, 5.74) is 2.99. The first-order valence-corrected chi connectivity index (χ1v) is 8.59. The molecule has 1 amide bonds. The van der Waals surface area contributed by atoms with Gasteiger partial charge in [0.05, 0.1) is 11.4 Å². The first-order chi connectivity index (χ1) is 12.0. The van der Waals surface area contributed by atoms with E-state index in [2.05, 4.69) is 24.3 Å². The molecule has 3 aromatic rings. The molecule has 0 spiro atoms. The zero-order valence-corrected chi connectivity index (χ0v) is 15.3. The molecule has 2 heterocycles. The molecule has 0 fully saturated rings. The maximum Gasteiger partial charge on any atom is 0.270 e. The molecule has 0 bridgehead atoms. The molecule has 0 atom stereocenters. The average Bonchev–Trinajstić information content (AvgIpc) is 3.19. The fraction of sp³-hybridized carbons (Fsp3) is 0.263. The maximum atomic E-state index is 12.7. The van der Waals surface area contributed by atoms with Crippen LogP contribution in [0.2, 0.25) is 5.02 Å². The van der Waals surface area contributed by atoms with Crippen molar-refractivity contribution in [3.63, 3.8) is 0 Å². The van der Waals surface area contributed by atoms with Gasteiger partial charge in [-0.2, -0.15) is 5.10 Å². The Balaban J connectivity index is 2.04. The van der Waals surface area contributed by atoms with E-state index < -0.39 is 0 Å². The summed E-state index contributed by atoms with van der Waals surface area (Å²) >= 11 is 5.98. The lowest BCUT2D eigenvalue weighted by Gasteiger charge is -2.09. The fourth-order valence-electron chi connectivity index (χ4n) is 2.56. The van der Waals surface area contributed by atoms with E-state index in [9.17, 15) is 4.79 Å². The summed E-state index contributed by atoms with van der Waals surface area (Å²) in [6.07, 6.45) is 1.95. The molecule has 2 aromatic heterocycles. The van der Waals surface area contributed by atoms with Crippen LogP contribution in [-0.2, 0) is 7.05 Å². The molecule has 0 saturated heterocycles. The van der Waals surface area contributed by atoms with E-state index in [1.165, 1.54) is 0 Å². The van der Waals surface area contributed by atoms with E-state index >= 15 is 0 Å². The van der Waals surface area contributed by atoms with Crippen LogP contribution in [-0.4, -0.2) is 26.8 Å². The molecule has 25 heavy (non-hydrogen) atoms. The number of aryl methyl sites for hydroxylation is 1. The third kappa shape index (κ3) is 3.77. The van der Waals surface area contributed by atoms with Gasteiger partial charge in [-0.1, -0.05) is 25.4 Å². The van der Waals surface area contributed by atoms with Crippen LogP contribution in [0.5, 0.6) is 0 Å². The van der Waals surface area contributed by atoms with Crippen molar-refractivity contribution in [3.05, 3.63) is 59.4 Å². The summed E-state index contributed by atoms with van der Waals surface area (Å²) < 4.78 is 3.64. The van der Waals surface area contributed by atoms with Gasteiger partial charge in [-0.3, -0.25) is 4.79 Å². The smallest absolute Gasteiger partial charge is 0.270 e.